The molecule has 0 radical (unpaired) electrons. The van der Waals surface area contributed by atoms with Crippen LogP contribution in [0.2, 0.25) is 0 Å². The molecule has 13 heavy (non-hydrogen) atoms. The maximum Gasteiger partial charge on any atom is 0.279 e. The number of rotatable bonds is 2. The lowest BCUT2D eigenvalue weighted by atomic mass is 10.2. The standard InChI is InChI=1S/C7H16N2O3S/c1-6-7(2)12-5-4-9(6)13(10,11)8-3/h6-8H,4-5H2,1-3H3. The molecule has 6 heteroatoms. The van der Waals surface area contributed by atoms with Crippen LogP contribution in [0.3, 0.4) is 0 Å². The molecule has 2 atom stereocenters. The summed E-state index contributed by atoms with van der Waals surface area (Å²) in [6.45, 7) is 4.61. The van der Waals surface area contributed by atoms with E-state index in [0.717, 1.165) is 0 Å². The third kappa shape index (κ3) is 2.19. The summed E-state index contributed by atoms with van der Waals surface area (Å²) >= 11 is 0. The van der Waals surface area contributed by atoms with Crippen molar-refractivity contribution in [1.29, 1.82) is 0 Å². The minimum atomic E-state index is -3.30. The Labute approximate surface area is 79.2 Å². The average Bonchev–Trinajstić information content (AvgIpc) is 2.09. The zero-order valence-electron chi connectivity index (χ0n) is 8.15. The van der Waals surface area contributed by atoms with Crippen LogP contribution >= 0.6 is 0 Å². The lowest BCUT2D eigenvalue weighted by molar-refractivity contribution is -0.0235. The zero-order chi connectivity index (χ0) is 10.1. The first-order valence-corrected chi connectivity index (χ1v) is 5.75. The van der Waals surface area contributed by atoms with Gasteiger partial charge in [-0.25, -0.2) is 4.72 Å². The summed E-state index contributed by atoms with van der Waals surface area (Å²) in [5.41, 5.74) is 0. The van der Waals surface area contributed by atoms with Gasteiger partial charge in [0.1, 0.15) is 0 Å². The van der Waals surface area contributed by atoms with Gasteiger partial charge in [-0.2, -0.15) is 12.7 Å². The Hall–Kier alpha value is -0.170. The van der Waals surface area contributed by atoms with Crippen molar-refractivity contribution in [3.63, 3.8) is 0 Å². The minimum Gasteiger partial charge on any atom is -0.375 e. The van der Waals surface area contributed by atoms with Gasteiger partial charge in [0.15, 0.2) is 0 Å². The minimum absolute atomic E-state index is 0.0446. The highest BCUT2D eigenvalue weighted by molar-refractivity contribution is 7.87. The van der Waals surface area contributed by atoms with Gasteiger partial charge in [-0.1, -0.05) is 0 Å². The third-order valence-electron chi connectivity index (χ3n) is 2.39. The smallest absolute Gasteiger partial charge is 0.279 e. The first-order valence-electron chi connectivity index (χ1n) is 4.31. The summed E-state index contributed by atoms with van der Waals surface area (Å²) in [7, 11) is -1.88. The molecule has 0 spiro atoms. The van der Waals surface area contributed by atoms with Crippen molar-refractivity contribution in [3.8, 4) is 0 Å². The quantitative estimate of drug-likeness (QED) is 0.669. The molecule has 2 unspecified atom stereocenters. The predicted octanol–water partition coefficient (Wildman–Crippen LogP) is -0.440. The van der Waals surface area contributed by atoms with E-state index in [-0.39, 0.29) is 12.1 Å². The molecule has 78 valence electrons. The topological polar surface area (TPSA) is 58.6 Å². The summed E-state index contributed by atoms with van der Waals surface area (Å²) < 4.78 is 32.0. The van der Waals surface area contributed by atoms with Crippen molar-refractivity contribution in [1.82, 2.24) is 9.03 Å². The lowest BCUT2D eigenvalue weighted by Gasteiger charge is -2.36. The van der Waals surface area contributed by atoms with Gasteiger partial charge in [-0.3, -0.25) is 0 Å². The van der Waals surface area contributed by atoms with Crippen LogP contribution in [-0.2, 0) is 14.9 Å². The van der Waals surface area contributed by atoms with Crippen molar-refractivity contribution < 1.29 is 13.2 Å². The summed E-state index contributed by atoms with van der Waals surface area (Å²) in [5, 5.41) is 0. The van der Waals surface area contributed by atoms with Gasteiger partial charge in [0.25, 0.3) is 10.2 Å². The Morgan fingerprint density at radius 1 is 1.46 bits per heavy atom. The van der Waals surface area contributed by atoms with Gasteiger partial charge in [0, 0.05) is 19.6 Å². The molecular weight excluding hydrogens is 192 g/mol. The van der Waals surface area contributed by atoms with Gasteiger partial charge in [0.05, 0.1) is 12.7 Å². The van der Waals surface area contributed by atoms with Crippen LogP contribution in [0.5, 0.6) is 0 Å². The monoisotopic (exact) mass is 208 g/mol. The van der Waals surface area contributed by atoms with E-state index < -0.39 is 10.2 Å². The van der Waals surface area contributed by atoms with E-state index in [0.29, 0.717) is 13.2 Å². The highest BCUT2D eigenvalue weighted by atomic mass is 32.2. The fourth-order valence-electron chi connectivity index (χ4n) is 1.36. The maximum absolute atomic E-state index is 11.5. The molecule has 0 aromatic heterocycles. The molecule has 1 aliphatic heterocycles. The van der Waals surface area contributed by atoms with E-state index in [4.69, 9.17) is 4.74 Å². The van der Waals surface area contributed by atoms with E-state index in [1.54, 1.807) is 0 Å². The van der Waals surface area contributed by atoms with E-state index >= 15 is 0 Å². The first-order chi connectivity index (χ1) is 5.99. The summed E-state index contributed by atoms with van der Waals surface area (Å²) in [5.74, 6) is 0. The molecule has 1 N–H and O–H groups in total. The number of ether oxygens (including phenoxy) is 1. The summed E-state index contributed by atoms with van der Waals surface area (Å²) in [6, 6.07) is -0.105. The molecule has 1 heterocycles. The molecule has 0 amide bonds. The van der Waals surface area contributed by atoms with Crippen LogP contribution in [-0.4, -0.2) is 45.1 Å². The van der Waals surface area contributed by atoms with E-state index in [1.807, 2.05) is 13.8 Å². The summed E-state index contributed by atoms with van der Waals surface area (Å²) in [4.78, 5) is 0. The van der Waals surface area contributed by atoms with Crippen molar-refractivity contribution in [2.45, 2.75) is 26.0 Å². The van der Waals surface area contributed by atoms with Crippen LogP contribution in [0.15, 0.2) is 0 Å². The molecular formula is C7H16N2O3S. The number of nitrogens with one attached hydrogen (secondary N) is 1. The Balaban J connectivity index is 2.80. The highest BCUT2D eigenvalue weighted by Crippen LogP contribution is 2.15. The number of morpholine rings is 1. The number of nitrogens with zero attached hydrogens (tertiary/aromatic N) is 1. The Morgan fingerprint density at radius 2 is 2.08 bits per heavy atom. The molecule has 0 bridgehead atoms. The zero-order valence-corrected chi connectivity index (χ0v) is 8.97. The van der Waals surface area contributed by atoms with Gasteiger partial charge in [-0.05, 0) is 13.8 Å². The maximum atomic E-state index is 11.5. The van der Waals surface area contributed by atoms with Crippen LogP contribution < -0.4 is 4.72 Å². The largest absolute Gasteiger partial charge is 0.375 e. The molecule has 5 nitrogen and oxygen atoms in total. The SMILES string of the molecule is CNS(=O)(=O)N1CCOC(C)C1C. The first kappa shape index (κ1) is 10.9. The predicted molar refractivity (Wildman–Crippen MR) is 49.6 cm³/mol. The average molecular weight is 208 g/mol. The van der Waals surface area contributed by atoms with Gasteiger partial charge in [-0.15, -0.1) is 0 Å². The molecule has 0 saturated carbocycles. The fourth-order valence-corrected chi connectivity index (χ4v) is 2.52. The lowest BCUT2D eigenvalue weighted by Crippen LogP contribution is -2.53. The molecule has 1 saturated heterocycles. The molecule has 1 rings (SSSR count). The molecule has 1 fully saturated rings. The fraction of sp³-hybridized carbons (Fsp3) is 1.00. The molecule has 0 aliphatic carbocycles. The van der Waals surface area contributed by atoms with Crippen molar-refractivity contribution in [3.05, 3.63) is 0 Å². The van der Waals surface area contributed by atoms with Crippen molar-refractivity contribution in [2.24, 2.45) is 0 Å². The van der Waals surface area contributed by atoms with Crippen LogP contribution in [0.1, 0.15) is 13.8 Å². The normalized spacial score (nSPS) is 31.9. The molecule has 0 aromatic carbocycles. The van der Waals surface area contributed by atoms with Crippen LogP contribution in [0, 0.1) is 0 Å². The Morgan fingerprint density at radius 3 is 2.62 bits per heavy atom. The van der Waals surface area contributed by atoms with Gasteiger partial charge >= 0.3 is 0 Å². The van der Waals surface area contributed by atoms with Crippen LogP contribution in [0.25, 0.3) is 0 Å². The van der Waals surface area contributed by atoms with E-state index in [1.165, 1.54) is 11.4 Å². The highest BCUT2D eigenvalue weighted by Gasteiger charge is 2.33. The molecule has 0 aromatic rings. The third-order valence-corrected chi connectivity index (χ3v) is 4.04. The van der Waals surface area contributed by atoms with Crippen LogP contribution in [0.4, 0.5) is 0 Å². The second-order valence-corrected chi connectivity index (χ2v) is 4.96. The number of hydrogen-bond acceptors (Lipinski definition) is 3. The summed E-state index contributed by atoms with van der Waals surface area (Å²) in [6.07, 6.45) is -0.0446. The van der Waals surface area contributed by atoms with Gasteiger partial charge in [0.2, 0.25) is 0 Å². The van der Waals surface area contributed by atoms with Crippen molar-refractivity contribution >= 4 is 10.2 Å². The second-order valence-electron chi connectivity index (χ2n) is 3.14. The Bertz CT molecular complexity index is 265. The Kier molecular flexibility index (Phi) is 3.28. The van der Waals surface area contributed by atoms with Gasteiger partial charge < -0.3 is 4.74 Å². The number of hydrogen-bond donors (Lipinski definition) is 1. The van der Waals surface area contributed by atoms with E-state index in [2.05, 4.69) is 4.72 Å². The van der Waals surface area contributed by atoms with Crippen molar-refractivity contribution in [2.75, 3.05) is 20.2 Å². The van der Waals surface area contributed by atoms with E-state index in [9.17, 15) is 8.42 Å². The second kappa shape index (κ2) is 3.91. The molecule has 1 aliphatic rings.